The van der Waals surface area contributed by atoms with Crippen LogP contribution >= 0.6 is 15.9 Å². The molecule has 0 spiro atoms. The molecular formula is C16H18BrN5O2. The molecule has 1 saturated heterocycles. The Morgan fingerprint density at radius 3 is 2.75 bits per heavy atom. The number of nitrogens with zero attached hydrogens (tertiary/aromatic N) is 3. The predicted molar refractivity (Wildman–Crippen MR) is 91.1 cm³/mol. The van der Waals surface area contributed by atoms with Crippen LogP contribution in [0.3, 0.4) is 0 Å². The van der Waals surface area contributed by atoms with E-state index in [2.05, 4.69) is 41.5 Å². The van der Waals surface area contributed by atoms with Crippen molar-refractivity contribution in [2.24, 2.45) is 0 Å². The summed E-state index contributed by atoms with van der Waals surface area (Å²) in [6.45, 7) is 2.46. The van der Waals surface area contributed by atoms with Gasteiger partial charge in [-0.1, -0.05) is 0 Å². The highest BCUT2D eigenvalue weighted by molar-refractivity contribution is 9.10. The molecule has 1 fully saturated rings. The lowest BCUT2D eigenvalue weighted by Gasteiger charge is -2.21. The van der Waals surface area contributed by atoms with Crippen molar-refractivity contribution in [2.45, 2.75) is 31.5 Å². The van der Waals surface area contributed by atoms with E-state index in [9.17, 15) is 4.79 Å². The van der Waals surface area contributed by atoms with Gasteiger partial charge in [-0.25, -0.2) is 14.8 Å². The molecule has 8 heteroatoms. The average Bonchev–Trinajstić information content (AvgIpc) is 3.04. The number of amides is 2. The number of ether oxygens (including phenoxy) is 1. The summed E-state index contributed by atoms with van der Waals surface area (Å²) in [5.74, 6) is 0.557. The average molecular weight is 392 g/mol. The molecule has 7 nitrogen and oxygen atoms in total. The molecule has 3 rings (SSSR count). The summed E-state index contributed by atoms with van der Waals surface area (Å²) in [6.07, 6.45) is 7.37. The van der Waals surface area contributed by atoms with Gasteiger partial charge in [-0.05, 0) is 47.0 Å². The lowest BCUT2D eigenvalue weighted by Crippen LogP contribution is -2.44. The van der Waals surface area contributed by atoms with Gasteiger partial charge >= 0.3 is 6.03 Å². The quantitative estimate of drug-likeness (QED) is 0.835. The third-order valence-electron chi connectivity index (χ3n) is 3.82. The van der Waals surface area contributed by atoms with Crippen LogP contribution in [0, 0.1) is 0 Å². The smallest absolute Gasteiger partial charge is 0.315 e. The third kappa shape index (κ3) is 4.07. The third-order valence-corrected chi connectivity index (χ3v) is 4.23. The van der Waals surface area contributed by atoms with Crippen LogP contribution in [0.1, 0.15) is 36.9 Å². The van der Waals surface area contributed by atoms with E-state index in [-0.39, 0.29) is 24.2 Å². The van der Waals surface area contributed by atoms with Gasteiger partial charge < -0.3 is 15.4 Å². The molecule has 0 bridgehead atoms. The number of rotatable bonds is 4. The Morgan fingerprint density at radius 2 is 2.04 bits per heavy atom. The molecule has 0 radical (unpaired) electrons. The molecule has 126 valence electrons. The number of nitrogens with one attached hydrogen (secondary N) is 2. The Kier molecular flexibility index (Phi) is 5.37. The summed E-state index contributed by atoms with van der Waals surface area (Å²) in [5, 5.41) is 5.84. The van der Waals surface area contributed by atoms with Crippen molar-refractivity contribution in [1.82, 2.24) is 25.6 Å². The fourth-order valence-electron chi connectivity index (χ4n) is 2.64. The van der Waals surface area contributed by atoms with Crippen LogP contribution in [-0.2, 0) is 4.74 Å². The van der Waals surface area contributed by atoms with E-state index in [1.165, 1.54) is 0 Å². The van der Waals surface area contributed by atoms with Crippen molar-refractivity contribution in [3.8, 4) is 0 Å². The van der Waals surface area contributed by atoms with Gasteiger partial charge in [0.25, 0.3) is 0 Å². The zero-order valence-electron chi connectivity index (χ0n) is 13.1. The SMILES string of the molecule is CC(NC(=O)N[C@@H]1CCO[C@H]1c1ccncc1)c1ncc(Br)cn1. The van der Waals surface area contributed by atoms with Gasteiger partial charge in [-0.15, -0.1) is 0 Å². The first-order valence-electron chi connectivity index (χ1n) is 7.69. The molecule has 2 N–H and O–H groups in total. The van der Waals surface area contributed by atoms with Gasteiger partial charge in [0.1, 0.15) is 11.9 Å². The molecule has 0 aromatic carbocycles. The second-order valence-electron chi connectivity index (χ2n) is 5.57. The van der Waals surface area contributed by atoms with Crippen molar-refractivity contribution >= 4 is 22.0 Å². The maximum atomic E-state index is 12.3. The molecule has 0 aliphatic carbocycles. The molecule has 1 aliphatic rings. The predicted octanol–water partition coefficient (Wildman–Crippen LogP) is 2.52. The van der Waals surface area contributed by atoms with Gasteiger partial charge in [0.2, 0.25) is 0 Å². The molecule has 3 atom stereocenters. The summed E-state index contributed by atoms with van der Waals surface area (Å²) >= 11 is 3.29. The van der Waals surface area contributed by atoms with E-state index in [1.807, 2.05) is 19.1 Å². The molecular weight excluding hydrogens is 374 g/mol. The first-order valence-corrected chi connectivity index (χ1v) is 8.49. The second-order valence-corrected chi connectivity index (χ2v) is 6.48. The number of pyridine rings is 1. The van der Waals surface area contributed by atoms with E-state index < -0.39 is 0 Å². The van der Waals surface area contributed by atoms with Crippen LogP contribution in [0.15, 0.2) is 41.4 Å². The Bertz CT molecular complexity index is 683. The standard InChI is InChI=1S/C16H18BrN5O2/c1-10(15-19-8-12(17)9-20-15)21-16(23)22-13-4-7-24-14(13)11-2-5-18-6-3-11/h2-3,5-6,8-10,13-14H,4,7H2,1H3,(H2,21,22,23)/t10?,13-,14+/m1/s1. The maximum Gasteiger partial charge on any atom is 0.315 e. The van der Waals surface area contributed by atoms with Crippen LogP contribution in [0.5, 0.6) is 0 Å². The zero-order chi connectivity index (χ0) is 16.9. The first-order chi connectivity index (χ1) is 11.6. The van der Waals surface area contributed by atoms with E-state index in [1.54, 1.807) is 24.8 Å². The van der Waals surface area contributed by atoms with E-state index >= 15 is 0 Å². The molecule has 2 aromatic heterocycles. The molecule has 24 heavy (non-hydrogen) atoms. The number of hydrogen-bond donors (Lipinski definition) is 2. The van der Waals surface area contributed by atoms with Crippen LogP contribution in [0.2, 0.25) is 0 Å². The number of halogens is 1. The summed E-state index contributed by atoms with van der Waals surface area (Å²) < 4.78 is 6.55. The monoisotopic (exact) mass is 391 g/mol. The van der Waals surface area contributed by atoms with Gasteiger partial charge in [-0.2, -0.15) is 0 Å². The Balaban J connectivity index is 1.59. The van der Waals surface area contributed by atoms with Crippen molar-refractivity contribution < 1.29 is 9.53 Å². The number of carbonyl (C=O) groups is 1. The number of hydrogen-bond acceptors (Lipinski definition) is 5. The van der Waals surface area contributed by atoms with E-state index in [0.29, 0.717) is 12.4 Å². The first kappa shape index (κ1) is 16.8. The highest BCUT2D eigenvalue weighted by Crippen LogP contribution is 2.28. The van der Waals surface area contributed by atoms with E-state index in [0.717, 1.165) is 16.5 Å². The van der Waals surface area contributed by atoms with Crippen LogP contribution in [0.4, 0.5) is 4.79 Å². The summed E-state index contributed by atoms with van der Waals surface area (Å²) in [6, 6.07) is 3.18. The van der Waals surface area contributed by atoms with Crippen molar-refractivity contribution in [3.63, 3.8) is 0 Å². The molecule has 1 unspecified atom stereocenters. The Hall–Kier alpha value is -2.06. The zero-order valence-corrected chi connectivity index (χ0v) is 14.7. The highest BCUT2D eigenvalue weighted by Gasteiger charge is 2.31. The Morgan fingerprint density at radius 1 is 1.33 bits per heavy atom. The summed E-state index contributed by atoms with van der Waals surface area (Å²) in [7, 11) is 0. The van der Waals surface area contributed by atoms with Gasteiger partial charge in [-0.3, -0.25) is 4.98 Å². The number of urea groups is 1. The minimum absolute atomic E-state index is 0.0783. The van der Waals surface area contributed by atoms with Crippen molar-refractivity contribution in [3.05, 3.63) is 52.8 Å². The van der Waals surface area contributed by atoms with Crippen LogP contribution < -0.4 is 10.6 Å². The molecule has 3 heterocycles. The minimum atomic E-state index is -0.292. The second kappa shape index (κ2) is 7.67. The largest absolute Gasteiger partial charge is 0.371 e. The fraction of sp³-hybridized carbons (Fsp3) is 0.375. The molecule has 2 aromatic rings. The van der Waals surface area contributed by atoms with Crippen molar-refractivity contribution in [1.29, 1.82) is 0 Å². The minimum Gasteiger partial charge on any atom is -0.371 e. The maximum absolute atomic E-state index is 12.3. The number of aromatic nitrogens is 3. The summed E-state index contributed by atoms with van der Waals surface area (Å²) in [5.41, 5.74) is 1.01. The lowest BCUT2D eigenvalue weighted by atomic mass is 10.0. The molecule has 1 aliphatic heterocycles. The normalized spacial score (nSPS) is 21.2. The summed E-state index contributed by atoms with van der Waals surface area (Å²) in [4.78, 5) is 24.7. The van der Waals surface area contributed by atoms with Gasteiger partial charge in [0.15, 0.2) is 0 Å². The fourth-order valence-corrected chi connectivity index (χ4v) is 2.84. The molecule has 0 saturated carbocycles. The molecule has 2 amide bonds. The Labute approximate surface area is 148 Å². The number of carbonyl (C=O) groups excluding carboxylic acids is 1. The van der Waals surface area contributed by atoms with Gasteiger partial charge in [0, 0.05) is 31.4 Å². The highest BCUT2D eigenvalue weighted by atomic mass is 79.9. The van der Waals surface area contributed by atoms with Gasteiger partial charge in [0.05, 0.1) is 16.6 Å². The van der Waals surface area contributed by atoms with Crippen LogP contribution in [0.25, 0.3) is 0 Å². The van der Waals surface area contributed by atoms with E-state index in [4.69, 9.17) is 4.74 Å². The lowest BCUT2D eigenvalue weighted by molar-refractivity contribution is 0.0997. The van der Waals surface area contributed by atoms with Crippen LogP contribution in [-0.4, -0.2) is 33.6 Å². The topological polar surface area (TPSA) is 89.0 Å². The van der Waals surface area contributed by atoms with Crippen molar-refractivity contribution in [2.75, 3.05) is 6.61 Å².